The van der Waals surface area contributed by atoms with Crippen molar-refractivity contribution in [2.75, 3.05) is 6.54 Å². The Labute approximate surface area is 155 Å². The van der Waals surface area contributed by atoms with Crippen LogP contribution in [0.1, 0.15) is 16.1 Å². The van der Waals surface area contributed by atoms with Gasteiger partial charge >= 0.3 is 0 Å². The molecular formula is C20H17N5S. The maximum atomic E-state index is 4.77. The molecule has 0 N–H and O–H groups in total. The van der Waals surface area contributed by atoms with Crippen LogP contribution < -0.4 is 0 Å². The zero-order valence-corrected chi connectivity index (χ0v) is 15.0. The standard InChI is InChI=1S/C20H17N5S/c1-4-15(10-21-6-1)19-23-11-16-12-25(8-5-18(16)24-19)13-17-9-14-3-2-7-22-20(14)26-17/h1-4,6-7,9-11H,5,8,12-13H2. The summed E-state index contributed by atoms with van der Waals surface area (Å²) < 4.78 is 0. The first-order valence-corrected chi connectivity index (χ1v) is 9.48. The first kappa shape index (κ1) is 15.5. The number of hydrogen-bond acceptors (Lipinski definition) is 6. The molecule has 0 aromatic carbocycles. The summed E-state index contributed by atoms with van der Waals surface area (Å²) >= 11 is 1.78. The lowest BCUT2D eigenvalue weighted by Gasteiger charge is -2.27. The summed E-state index contributed by atoms with van der Waals surface area (Å²) in [5.74, 6) is 0.765. The minimum atomic E-state index is 0.765. The van der Waals surface area contributed by atoms with Crippen molar-refractivity contribution >= 4 is 21.6 Å². The molecule has 128 valence electrons. The van der Waals surface area contributed by atoms with E-state index in [1.165, 1.54) is 15.8 Å². The molecule has 0 fully saturated rings. The molecule has 1 aliphatic heterocycles. The van der Waals surface area contributed by atoms with Gasteiger partial charge in [-0.15, -0.1) is 11.3 Å². The van der Waals surface area contributed by atoms with E-state index in [1.807, 2.05) is 36.8 Å². The molecule has 0 unspecified atom stereocenters. The quantitative estimate of drug-likeness (QED) is 0.558. The molecule has 5 heterocycles. The summed E-state index contributed by atoms with van der Waals surface area (Å²) in [6, 6.07) is 10.3. The summed E-state index contributed by atoms with van der Waals surface area (Å²) in [5.41, 5.74) is 3.35. The topological polar surface area (TPSA) is 54.8 Å². The molecule has 0 bridgehead atoms. The number of fused-ring (bicyclic) bond motifs is 2. The van der Waals surface area contributed by atoms with Gasteiger partial charge in [-0.3, -0.25) is 9.88 Å². The van der Waals surface area contributed by atoms with Crippen LogP contribution in [0.5, 0.6) is 0 Å². The van der Waals surface area contributed by atoms with Gasteiger partial charge in [-0.1, -0.05) is 6.07 Å². The second-order valence-corrected chi connectivity index (χ2v) is 7.59. The van der Waals surface area contributed by atoms with Crippen molar-refractivity contribution in [3.8, 4) is 11.4 Å². The number of hydrogen-bond donors (Lipinski definition) is 0. The van der Waals surface area contributed by atoms with Crippen LogP contribution in [0.2, 0.25) is 0 Å². The van der Waals surface area contributed by atoms with Crippen molar-refractivity contribution in [3.63, 3.8) is 0 Å². The van der Waals surface area contributed by atoms with Crippen LogP contribution >= 0.6 is 11.3 Å². The lowest BCUT2D eigenvalue weighted by atomic mass is 10.1. The molecule has 5 rings (SSSR count). The fourth-order valence-corrected chi connectivity index (χ4v) is 4.41. The number of rotatable bonds is 3. The first-order chi connectivity index (χ1) is 12.8. The van der Waals surface area contributed by atoms with Crippen molar-refractivity contribution in [1.29, 1.82) is 0 Å². The minimum absolute atomic E-state index is 0.765. The molecule has 0 radical (unpaired) electrons. The van der Waals surface area contributed by atoms with Crippen LogP contribution in [0.15, 0.2) is 55.1 Å². The molecule has 1 aliphatic rings. The predicted octanol–water partition coefficient (Wildman–Crippen LogP) is 3.71. The monoisotopic (exact) mass is 359 g/mol. The highest BCUT2D eigenvalue weighted by Gasteiger charge is 2.19. The van der Waals surface area contributed by atoms with Crippen molar-refractivity contribution < 1.29 is 0 Å². The normalized spacial score (nSPS) is 14.5. The van der Waals surface area contributed by atoms with Crippen molar-refractivity contribution in [2.45, 2.75) is 19.5 Å². The van der Waals surface area contributed by atoms with Crippen molar-refractivity contribution in [3.05, 3.63) is 71.3 Å². The second-order valence-electron chi connectivity index (χ2n) is 6.48. The van der Waals surface area contributed by atoms with E-state index >= 15 is 0 Å². The molecule has 5 nitrogen and oxygen atoms in total. The van der Waals surface area contributed by atoms with E-state index in [9.17, 15) is 0 Å². The highest BCUT2D eigenvalue weighted by Crippen LogP contribution is 2.27. The van der Waals surface area contributed by atoms with Crippen LogP contribution in [0.3, 0.4) is 0 Å². The molecule has 0 atom stereocenters. The summed E-state index contributed by atoms with van der Waals surface area (Å²) in [6.45, 7) is 2.85. The van der Waals surface area contributed by atoms with Gasteiger partial charge in [-0.2, -0.15) is 0 Å². The van der Waals surface area contributed by atoms with Gasteiger partial charge in [-0.25, -0.2) is 15.0 Å². The Bertz CT molecular complexity index is 1030. The molecule has 0 saturated heterocycles. The van der Waals surface area contributed by atoms with E-state index in [2.05, 4.69) is 32.0 Å². The molecule has 0 spiro atoms. The maximum Gasteiger partial charge on any atom is 0.160 e. The number of pyridine rings is 2. The van der Waals surface area contributed by atoms with Crippen LogP contribution in [-0.2, 0) is 19.5 Å². The highest BCUT2D eigenvalue weighted by atomic mass is 32.1. The molecular weight excluding hydrogens is 342 g/mol. The molecule has 0 saturated carbocycles. The summed E-state index contributed by atoms with van der Waals surface area (Å²) in [6.07, 6.45) is 8.37. The van der Waals surface area contributed by atoms with Crippen LogP contribution in [0.4, 0.5) is 0 Å². The van der Waals surface area contributed by atoms with Gasteiger partial charge in [0.2, 0.25) is 0 Å². The Balaban J connectivity index is 1.35. The van der Waals surface area contributed by atoms with Crippen LogP contribution in [-0.4, -0.2) is 31.4 Å². The predicted molar refractivity (Wildman–Crippen MR) is 103 cm³/mol. The average Bonchev–Trinajstić information content (AvgIpc) is 3.10. The van der Waals surface area contributed by atoms with Gasteiger partial charge in [0.25, 0.3) is 0 Å². The molecule has 26 heavy (non-hydrogen) atoms. The third-order valence-corrected chi connectivity index (χ3v) is 5.70. The van der Waals surface area contributed by atoms with Gasteiger partial charge in [-0.05, 0) is 24.3 Å². The van der Waals surface area contributed by atoms with Gasteiger partial charge in [0.05, 0.1) is 5.69 Å². The Morgan fingerprint density at radius 3 is 2.92 bits per heavy atom. The van der Waals surface area contributed by atoms with Gasteiger partial charge in [0.15, 0.2) is 5.82 Å². The SMILES string of the molecule is c1cncc(-c2ncc3c(n2)CCN(Cc2cc4cccnc4s2)C3)c1. The van der Waals surface area contributed by atoms with Crippen molar-refractivity contribution in [2.24, 2.45) is 0 Å². The molecule has 4 aromatic heterocycles. The Hall–Kier alpha value is -2.70. The van der Waals surface area contributed by atoms with Gasteiger partial charge in [0.1, 0.15) is 4.83 Å². The zero-order chi connectivity index (χ0) is 17.3. The fourth-order valence-electron chi connectivity index (χ4n) is 3.37. The van der Waals surface area contributed by atoms with E-state index in [0.29, 0.717) is 0 Å². The first-order valence-electron chi connectivity index (χ1n) is 8.66. The van der Waals surface area contributed by atoms with E-state index in [4.69, 9.17) is 4.98 Å². The summed E-state index contributed by atoms with van der Waals surface area (Å²) in [7, 11) is 0. The van der Waals surface area contributed by atoms with E-state index in [1.54, 1.807) is 17.5 Å². The van der Waals surface area contributed by atoms with Crippen LogP contribution in [0, 0.1) is 0 Å². The van der Waals surface area contributed by atoms with Crippen molar-refractivity contribution in [1.82, 2.24) is 24.8 Å². The Kier molecular flexibility index (Phi) is 3.92. The molecule has 0 amide bonds. The fraction of sp³-hybridized carbons (Fsp3) is 0.200. The Morgan fingerprint density at radius 1 is 1.08 bits per heavy atom. The molecule has 6 heteroatoms. The van der Waals surface area contributed by atoms with Crippen LogP contribution in [0.25, 0.3) is 21.6 Å². The largest absolute Gasteiger partial charge is 0.293 e. The number of aromatic nitrogens is 4. The number of thiophene rings is 1. The summed E-state index contributed by atoms with van der Waals surface area (Å²) in [5, 5.41) is 1.23. The number of nitrogens with zero attached hydrogens (tertiary/aromatic N) is 5. The maximum absolute atomic E-state index is 4.77. The molecule has 4 aromatic rings. The Morgan fingerprint density at radius 2 is 2.04 bits per heavy atom. The second kappa shape index (κ2) is 6.55. The minimum Gasteiger partial charge on any atom is -0.293 e. The molecule has 0 aliphatic carbocycles. The third-order valence-electron chi connectivity index (χ3n) is 4.66. The lowest BCUT2D eigenvalue weighted by molar-refractivity contribution is 0.245. The summed E-state index contributed by atoms with van der Waals surface area (Å²) in [4.78, 5) is 22.9. The van der Waals surface area contributed by atoms with Gasteiger partial charge < -0.3 is 0 Å². The van der Waals surface area contributed by atoms with Gasteiger partial charge in [0, 0.05) is 72.2 Å². The zero-order valence-electron chi connectivity index (χ0n) is 14.2. The average molecular weight is 359 g/mol. The van der Waals surface area contributed by atoms with E-state index in [-0.39, 0.29) is 0 Å². The third kappa shape index (κ3) is 2.98. The smallest absolute Gasteiger partial charge is 0.160 e. The highest BCUT2D eigenvalue weighted by molar-refractivity contribution is 7.18. The lowest BCUT2D eigenvalue weighted by Crippen LogP contribution is -2.30. The van der Waals surface area contributed by atoms with E-state index < -0.39 is 0 Å². The van der Waals surface area contributed by atoms with E-state index in [0.717, 1.165) is 48.0 Å².